The van der Waals surface area contributed by atoms with Gasteiger partial charge in [-0.15, -0.1) is 28.5 Å². The van der Waals surface area contributed by atoms with E-state index in [1.165, 1.54) is 26.4 Å². The number of hydrogen-bond acceptors (Lipinski definition) is 0. The minimum Gasteiger partial charge on any atom is -1.00 e. The van der Waals surface area contributed by atoms with Crippen molar-refractivity contribution >= 4 is 26.7 Å². The molecule has 0 amide bonds. The van der Waals surface area contributed by atoms with Crippen molar-refractivity contribution in [1.82, 2.24) is 0 Å². The van der Waals surface area contributed by atoms with E-state index in [9.17, 15) is 0 Å². The van der Waals surface area contributed by atoms with E-state index < -0.39 is 0 Å². The monoisotopic (exact) mass is 381 g/mol. The second kappa shape index (κ2) is 7.17. The van der Waals surface area contributed by atoms with Gasteiger partial charge in [0.15, 0.2) is 0 Å². The second-order valence-electron chi connectivity index (χ2n) is 3.20. The van der Waals surface area contributed by atoms with Crippen LogP contribution in [0, 0.1) is 13.8 Å². The van der Waals surface area contributed by atoms with E-state index in [0.717, 1.165) is 0 Å². The molecule has 0 fully saturated rings. The van der Waals surface area contributed by atoms with Crippen LogP contribution in [0.1, 0.15) is 11.1 Å². The van der Waals surface area contributed by atoms with Crippen LogP contribution >= 0.6 is 15.9 Å². The minimum atomic E-state index is 0. The number of halogens is 3. The third-order valence-corrected chi connectivity index (χ3v) is 2.75. The van der Waals surface area contributed by atoms with Crippen LogP contribution < -0.4 is 24.8 Å². The summed E-state index contributed by atoms with van der Waals surface area (Å²) in [6.45, 7) is 4.29. The molecule has 0 saturated heterocycles. The molecule has 0 heterocycles. The summed E-state index contributed by atoms with van der Waals surface area (Å²) < 4.78 is 1.18. The van der Waals surface area contributed by atoms with Crippen LogP contribution in [0.25, 0.3) is 10.8 Å². The maximum Gasteiger partial charge on any atom is 3.00 e. The van der Waals surface area contributed by atoms with E-state index in [1.54, 1.807) is 0 Å². The molecule has 0 aliphatic rings. The Hall–Kier alpha value is 0.773. The van der Waals surface area contributed by atoms with Crippen molar-refractivity contribution in [3.63, 3.8) is 0 Å². The molecule has 0 aliphatic carbocycles. The van der Waals surface area contributed by atoms with Gasteiger partial charge in [0.1, 0.15) is 0 Å². The van der Waals surface area contributed by atoms with Crippen molar-refractivity contribution in [3.05, 3.63) is 39.9 Å². The van der Waals surface area contributed by atoms with Gasteiger partial charge < -0.3 is 24.8 Å². The zero-order chi connectivity index (χ0) is 8.72. The summed E-state index contributed by atoms with van der Waals surface area (Å²) >= 11 is 3.49. The van der Waals surface area contributed by atoms with Gasteiger partial charge in [-0.05, 0) is 6.92 Å². The molecule has 0 nitrogen and oxygen atoms in total. The number of rotatable bonds is 0. The molecule has 0 atom stereocenters. The van der Waals surface area contributed by atoms with Crippen LogP contribution in [0.3, 0.4) is 0 Å². The van der Waals surface area contributed by atoms with Crippen LogP contribution in [-0.4, -0.2) is 0 Å². The molecule has 0 spiro atoms. The van der Waals surface area contributed by atoms with E-state index in [-0.39, 0.29) is 51.0 Å². The van der Waals surface area contributed by atoms with Crippen molar-refractivity contribution in [1.29, 1.82) is 0 Å². The fraction of sp³-hybridized carbons (Fsp3) is 0.182. The first-order valence-corrected chi connectivity index (χ1v) is 4.80. The zero-order valence-corrected chi connectivity index (χ0v) is 14.0. The number of hydrogen-bond donors (Lipinski definition) is 0. The van der Waals surface area contributed by atoms with Crippen LogP contribution in [-0.2, 0) is 26.2 Å². The van der Waals surface area contributed by atoms with Gasteiger partial charge in [-0.2, -0.15) is 6.07 Å². The Morgan fingerprint density at radius 1 is 1.07 bits per heavy atom. The molecule has 2 rings (SSSR count). The summed E-state index contributed by atoms with van der Waals surface area (Å²) in [5.74, 6) is 0. The number of benzene rings is 1. The Morgan fingerprint density at radius 2 is 1.60 bits per heavy atom. The summed E-state index contributed by atoms with van der Waals surface area (Å²) in [6.07, 6.45) is 0. The van der Waals surface area contributed by atoms with E-state index in [2.05, 4.69) is 54.0 Å². The Labute approximate surface area is 130 Å². The van der Waals surface area contributed by atoms with Gasteiger partial charge in [-0.1, -0.05) is 39.0 Å². The normalized spacial score (nSPS) is 8.73. The van der Waals surface area contributed by atoms with Crippen molar-refractivity contribution in [2.75, 3.05) is 0 Å². The molecule has 0 bridgehead atoms. The van der Waals surface area contributed by atoms with Crippen LogP contribution in [0.5, 0.6) is 0 Å². The van der Waals surface area contributed by atoms with E-state index in [4.69, 9.17) is 0 Å². The van der Waals surface area contributed by atoms with Crippen molar-refractivity contribution < 1.29 is 51.0 Å². The molecule has 0 unspecified atom stereocenters. The fourth-order valence-electron chi connectivity index (χ4n) is 1.56. The minimum absolute atomic E-state index is 0. The molecular formula is C11H10BrCl2Zr. The third-order valence-electron chi connectivity index (χ3n) is 2.29. The average Bonchev–Trinajstić information content (AvgIpc) is 2.41. The SMILES string of the molecule is Cc1ccc(C)c2[cH-]c(Br)cc12.[Cl-].[Cl-].[Zr+3]. The van der Waals surface area contributed by atoms with Crippen LogP contribution in [0.15, 0.2) is 28.7 Å². The van der Waals surface area contributed by atoms with Gasteiger partial charge in [0.2, 0.25) is 0 Å². The standard InChI is InChI=1S/C11H10Br.2ClH.Zr/c1-7-3-4-8(2)11-6-9(12)5-10(7)11;;;/h3-6H,1-2H3;2*1H;/q-1;;;+3/p-2. The first-order valence-electron chi connectivity index (χ1n) is 4.00. The van der Waals surface area contributed by atoms with Gasteiger partial charge in [0.25, 0.3) is 0 Å². The smallest absolute Gasteiger partial charge is 1.00 e. The third kappa shape index (κ3) is 3.63. The molecule has 2 aromatic carbocycles. The maximum absolute atomic E-state index is 3.49. The number of aryl methyl sites for hydroxylation is 2. The first kappa shape index (κ1) is 18.1. The predicted molar refractivity (Wildman–Crippen MR) is 56.7 cm³/mol. The van der Waals surface area contributed by atoms with E-state index >= 15 is 0 Å². The van der Waals surface area contributed by atoms with Gasteiger partial charge in [0, 0.05) is 0 Å². The molecule has 2 aromatic rings. The van der Waals surface area contributed by atoms with Gasteiger partial charge in [0.05, 0.1) is 0 Å². The van der Waals surface area contributed by atoms with Gasteiger partial charge >= 0.3 is 26.2 Å². The quantitative estimate of drug-likeness (QED) is 0.459. The molecule has 15 heavy (non-hydrogen) atoms. The summed E-state index contributed by atoms with van der Waals surface area (Å²) in [6, 6.07) is 8.70. The molecule has 1 radical (unpaired) electrons. The summed E-state index contributed by atoms with van der Waals surface area (Å²) in [4.78, 5) is 0. The zero-order valence-electron chi connectivity index (χ0n) is 8.44. The molecule has 0 N–H and O–H groups in total. The molecule has 4 heteroatoms. The van der Waals surface area contributed by atoms with Crippen LogP contribution in [0.4, 0.5) is 0 Å². The topological polar surface area (TPSA) is 0 Å². The first-order chi connectivity index (χ1) is 5.68. The largest absolute Gasteiger partial charge is 3.00 e. The molecule has 0 aliphatic heterocycles. The van der Waals surface area contributed by atoms with Crippen LogP contribution in [0.2, 0.25) is 0 Å². The maximum atomic E-state index is 3.49. The molecule has 0 aromatic heterocycles. The summed E-state index contributed by atoms with van der Waals surface area (Å²) in [5.41, 5.74) is 2.70. The Morgan fingerprint density at radius 3 is 2.13 bits per heavy atom. The Kier molecular flexibility index (Phi) is 8.67. The summed E-state index contributed by atoms with van der Waals surface area (Å²) in [7, 11) is 0. The molecule has 0 saturated carbocycles. The molecule has 79 valence electrons. The van der Waals surface area contributed by atoms with Crippen molar-refractivity contribution in [3.8, 4) is 0 Å². The van der Waals surface area contributed by atoms with E-state index in [1.807, 2.05) is 0 Å². The average molecular weight is 384 g/mol. The van der Waals surface area contributed by atoms with Gasteiger partial charge in [-0.3, -0.25) is 0 Å². The summed E-state index contributed by atoms with van der Waals surface area (Å²) in [5, 5.41) is 2.73. The fourth-order valence-corrected chi connectivity index (χ4v) is 2.01. The Bertz CT molecular complexity index is 398. The molecular weight excluding hydrogens is 374 g/mol. The number of fused-ring (bicyclic) bond motifs is 1. The van der Waals surface area contributed by atoms with Gasteiger partial charge in [-0.25, -0.2) is 0 Å². The van der Waals surface area contributed by atoms with Crippen molar-refractivity contribution in [2.45, 2.75) is 13.8 Å². The predicted octanol–water partition coefficient (Wildman–Crippen LogP) is -2.06. The van der Waals surface area contributed by atoms with E-state index in [0.29, 0.717) is 0 Å². The second-order valence-corrected chi connectivity index (χ2v) is 4.12. The van der Waals surface area contributed by atoms with Crippen molar-refractivity contribution in [2.24, 2.45) is 0 Å². The Balaban J connectivity index is 0.